The third kappa shape index (κ3) is 3.75. The van der Waals surface area contributed by atoms with Crippen LogP contribution in [0.5, 0.6) is 5.75 Å². The number of phenols is 1. The van der Waals surface area contributed by atoms with Gasteiger partial charge < -0.3 is 26.8 Å². The number of aliphatic hydroxyl groups excluding tert-OH is 1. The van der Waals surface area contributed by atoms with Crippen LogP contribution in [0.1, 0.15) is 72.5 Å². The molecule has 1 aromatic rings. The number of aliphatic hydroxyl groups is 2. The molecule has 36 heavy (non-hydrogen) atoms. The lowest BCUT2D eigenvalue weighted by molar-refractivity contribution is -0.143. The van der Waals surface area contributed by atoms with Gasteiger partial charge in [-0.05, 0) is 47.9 Å². The maximum absolute atomic E-state index is 13.7. The first kappa shape index (κ1) is 25.7. The Hall–Kier alpha value is -3.37. The Balaban J connectivity index is 1.84. The van der Waals surface area contributed by atoms with E-state index in [0.717, 1.165) is 31.2 Å². The number of hydrogen-bond acceptors (Lipinski definition) is 9. The van der Waals surface area contributed by atoms with Crippen LogP contribution in [0.4, 0.5) is 0 Å². The summed E-state index contributed by atoms with van der Waals surface area (Å²) in [7, 11) is 0. The minimum Gasteiger partial charge on any atom is -0.508 e. The topological polar surface area (TPSA) is 193 Å². The molecule has 0 radical (unpaired) electrons. The van der Waals surface area contributed by atoms with Crippen molar-refractivity contribution in [2.24, 2.45) is 28.5 Å². The lowest BCUT2D eigenvalue weighted by Crippen LogP contribution is -2.57. The number of nitroso groups, excluding NO2 is 1. The van der Waals surface area contributed by atoms with E-state index in [1.54, 1.807) is 0 Å². The smallest absolute Gasteiger partial charge is 0.254 e. The molecule has 0 fully saturated rings. The highest BCUT2D eigenvalue weighted by Crippen LogP contribution is 2.52. The van der Waals surface area contributed by atoms with Gasteiger partial charge in [-0.15, -0.1) is 4.91 Å². The number of carbonyl (C=O) groups excluding carboxylic acids is 3. The molecular formula is C26H31N3O7. The summed E-state index contributed by atoms with van der Waals surface area (Å²) >= 11 is 0. The van der Waals surface area contributed by atoms with Gasteiger partial charge in [0, 0.05) is 30.0 Å². The van der Waals surface area contributed by atoms with Gasteiger partial charge in [0.2, 0.25) is 5.78 Å². The van der Waals surface area contributed by atoms with Crippen molar-refractivity contribution < 1.29 is 29.7 Å². The first-order chi connectivity index (χ1) is 17.1. The second-order valence-corrected chi connectivity index (χ2v) is 9.91. The molecule has 0 spiro atoms. The Morgan fingerprint density at radius 3 is 2.50 bits per heavy atom. The van der Waals surface area contributed by atoms with Crippen molar-refractivity contribution in [2.45, 2.75) is 70.4 Å². The van der Waals surface area contributed by atoms with Crippen LogP contribution < -0.4 is 11.5 Å². The summed E-state index contributed by atoms with van der Waals surface area (Å²) in [5, 5.41) is 36.2. The van der Waals surface area contributed by atoms with Gasteiger partial charge in [0.1, 0.15) is 22.8 Å². The molecule has 1 aromatic carbocycles. The van der Waals surface area contributed by atoms with Gasteiger partial charge in [-0.1, -0.05) is 32.3 Å². The fourth-order valence-electron chi connectivity index (χ4n) is 6.03. The molecule has 0 saturated carbocycles. The van der Waals surface area contributed by atoms with E-state index >= 15 is 0 Å². The molecule has 3 aliphatic carbocycles. The van der Waals surface area contributed by atoms with Crippen molar-refractivity contribution in [1.82, 2.24) is 0 Å². The van der Waals surface area contributed by atoms with E-state index in [-0.39, 0.29) is 42.0 Å². The first-order valence-electron chi connectivity index (χ1n) is 12.3. The fourth-order valence-corrected chi connectivity index (χ4v) is 6.03. The molecule has 0 aromatic heterocycles. The summed E-state index contributed by atoms with van der Waals surface area (Å²) in [6.45, 7) is 2.11. The van der Waals surface area contributed by atoms with E-state index in [9.17, 15) is 34.6 Å². The normalized spacial score (nSPS) is 25.4. The number of nitrogens with zero attached hydrogens (tertiary/aromatic N) is 1. The maximum atomic E-state index is 13.7. The average molecular weight is 498 g/mol. The standard InChI is InChI=1S/C26H31N3O7/c1-2-3-4-5-6-12-7-14(11-27)21(30)19-16(12)9-13-8-15-10-17(29-36)20(25(28)34)24(33)26(15,35)23(32)18(13)22(19)31/h7,13,15,30,32,35H,2-6,8-11,27H2,1H3,(H2,28,34)/t13-,15+,26+/m1/s1. The Labute approximate surface area is 208 Å². The number of Topliss-reactive ketones (excluding diaryl/α,β-unsaturated/α-hetero) is 2. The first-order valence-corrected chi connectivity index (χ1v) is 12.3. The summed E-state index contributed by atoms with van der Waals surface area (Å²) in [5.74, 6) is -5.88. The van der Waals surface area contributed by atoms with Gasteiger partial charge in [0.25, 0.3) is 5.91 Å². The molecule has 0 bridgehead atoms. The van der Waals surface area contributed by atoms with E-state index in [2.05, 4.69) is 12.1 Å². The summed E-state index contributed by atoms with van der Waals surface area (Å²) in [6.07, 6.45) is 4.88. The van der Waals surface area contributed by atoms with Crippen molar-refractivity contribution in [1.29, 1.82) is 0 Å². The van der Waals surface area contributed by atoms with Crippen molar-refractivity contribution in [3.8, 4) is 5.75 Å². The van der Waals surface area contributed by atoms with E-state index in [1.807, 2.05) is 6.07 Å². The highest BCUT2D eigenvalue weighted by atomic mass is 16.3. The van der Waals surface area contributed by atoms with Crippen LogP contribution in [0.2, 0.25) is 0 Å². The number of carbonyl (C=O) groups is 3. The van der Waals surface area contributed by atoms with Crippen molar-refractivity contribution in [3.63, 3.8) is 0 Å². The van der Waals surface area contributed by atoms with E-state index in [0.29, 0.717) is 24.0 Å². The third-order valence-corrected chi connectivity index (χ3v) is 7.86. The van der Waals surface area contributed by atoms with Crippen molar-refractivity contribution in [3.05, 3.63) is 55.8 Å². The lowest BCUT2D eigenvalue weighted by atomic mass is 9.59. The summed E-state index contributed by atoms with van der Waals surface area (Å²) in [4.78, 5) is 50.1. The minimum atomic E-state index is -2.60. The molecule has 10 nitrogen and oxygen atoms in total. The zero-order chi connectivity index (χ0) is 26.4. The molecule has 4 rings (SSSR count). The SMILES string of the molecule is CCCCCCc1cc(CN)c(O)c2c1C[C@H]1C[C@H]3CC(N=O)=C(C(N)=O)C(=O)[C@@]3(O)C(O)=C1C2=O. The predicted molar refractivity (Wildman–Crippen MR) is 130 cm³/mol. The number of phenolic OH excluding ortho intramolecular Hbond substituents is 1. The third-order valence-electron chi connectivity index (χ3n) is 7.86. The summed E-state index contributed by atoms with van der Waals surface area (Å²) < 4.78 is 0. The molecule has 7 N–H and O–H groups in total. The highest BCUT2D eigenvalue weighted by Gasteiger charge is 2.59. The van der Waals surface area contributed by atoms with Gasteiger partial charge in [0.15, 0.2) is 11.4 Å². The van der Waals surface area contributed by atoms with Crippen LogP contribution in [0.25, 0.3) is 0 Å². The Morgan fingerprint density at radius 1 is 1.17 bits per heavy atom. The molecule has 3 aliphatic rings. The molecule has 0 saturated heterocycles. The molecule has 0 unspecified atom stereocenters. The Kier molecular flexibility index (Phi) is 6.85. The Bertz CT molecular complexity index is 1230. The molecule has 1 amide bonds. The number of aromatic hydroxyl groups is 1. The number of primary amides is 1. The number of allylic oxidation sites excluding steroid dienone is 2. The fraction of sp³-hybridized carbons (Fsp3) is 0.500. The monoisotopic (exact) mass is 497 g/mol. The Morgan fingerprint density at radius 2 is 1.89 bits per heavy atom. The van der Waals surface area contributed by atoms with Gasteiger partial charge in [-0.25, -0.2) is 0 Å². The van der Waals surface area contributed by atoms with E-state index < -0.39 is 46.2 Å². The van der Waals surface area contributed by atoms with Gasteiger partial charge in [-0.3, -0.25) is 14.4 Å². The van der Waals surface area contributed by atoms with Crippen molar-refractivity contribution >= 4 is 17.5 Å². The number of aryl methyl sites for hydroxylation is 1. The van der Waals surface area contributed by atoms with Crippen LogP contribution in [0.3, 0.4) is 0 Å². The largest absolute Gasteiger partial charge is 0.508 e. The van der Waals surface area contributed by atoms with Crippen LogP contribution in [0.15, 0.2) is 33.8 Å². The number of nitrogens with two attached hydrogens (primary N) is 2. The van der Waals surface area contributed by atoms with Gasteiger partial charge in [-0.2, -0.15) is 0 Å². The molecule has 192 valence electrons. The average Bonchev–Trinajstić information content (AvgIpc) is 2.84. The number of rotatable bonds is 8. The number of benzene rings is 1. The van der Waals surface area contributed by atoms with Crippen LogP contribution >= 0.6 is 0 Å². The number of ketones is 2. The molecule has 3 atom stereocenters. The number of hydrogen-bond donors (Lipinski definition) is 5. The minimum absolute atomic E-state index is 0.00154. The summed E-state index contributed by atoms with van der Waals surface area (Å²) in [5.41, 5.74) is 9.15. The molecular weight excluding hydrogens is 466 g/mol. The maximum Gasteiger partial charge on any atom is 0.254 e. The summed E-state index contributed by atoms with van der Waals surface area (Å²) in [6, 6.07) is 1.82. The van der Waals surface area contributed by atoms with Gasteiger partial charge >= 0.3 is 0 Å². The van der Waals surface area contributed by atoms with Gasteiger partial charge in [0.05, 0.1) is 5.56 Å². The molecule has 0 aliphatic heterocycles. The quantitative estimate of drug-likeness (QED) is 0.205. The van der Waals surface area contributed by atoms with Crippen molar-refractivity contribution in [2.75, 3.05) is 0 Å². The number of fused-ring (bicyclic) bond motifs is 3. The second-order valence-electron chi connectivity index (χ2n) is 9.91. The molecule has 0 heterocycles. The second kappa shape index (κ2) is 9.59. The number of unbranched alkanes of at least 4 members (excludes halogenated alkanes) is 3. The van der Waals surface area contributed by atoms with E-state index in [1.165, 1.54) is 0 Å². The zero-order valence-corrected chi connectivity index (χ0v) is 20.2. The highest BCUT2D eigenvalue weighted by molar-refractivity contribution is 6.24. The van der Waals surface area contributed by atoms with Crippen LogP contribution in [0, 0.1) is 16.7 Å². The predicted octanol–water partition coefficient (Wildman–Crippen LogP) is 2.37. The zero-order valence-electron chi connectivity index (χ0n) is 20.2. The lowest BCUT2D eigenvalue weighted by Gasteiger charge is -2.45. The number of amides is 1. The van der Waals surface area contributed by atoms with Crippen LogP contribution in [-0.4, -0.2) is 38.4 Å². The van der Waals surface area contributed by atoms with Crippen LogP contribution in [-0.2, 0) is 29.0 Å². The van der Waals surface area contributed by atoms with E-state index in [4.69, 9.17) is 11.5 Å². The molecule has 10 heteroatoms.